The standard InChI is InChI=1S/C13H27NO2/c1-4-7-14-13(11(2)3)10-15-9-12-6-5-8-16-12/h11-14H,4-10H2,1-3H3. The summed E-state index contributed by atoms with van der Waals surface area (Å²) in [6.45, 7) is 10.2. The molecule has 2 atom stereocenters. The van der Waals surface area contributed by atoms with Gasteiger partial charge in [0, 0.05) is 12.6 Å². The van der Waals surface area contributed by atoms with Crippen molar-refractivity contribution in [3.8, 4) is 0 Å². The number of hydrogen-bond acceptors (Lipinski definition) is 3. The van der Waals surface area contributed by atoms with Crippen LogP contribution in [0.1, 0.15) is 40.0 Å². The van der Waals surface area contributed by atoms with Crippen molar-refractivity contribution >= 4 is 0 Å². The summed E-state index contributed by atoms with van der Waals surface area (Å²) in [4.78, 5) is 0. The van der Waals surface area contributed by atoms with Crippen LogP contribution in [0.2, 0.25) is 0 Å². The molecule has 1 saturated heterocycles. The topological polar surface area (TPSA) is 30.5 Å². The second kappa shape index (κ2) is 8.04. The highest BCUT2D eigenvalue weighted by atomic mass is 16.5. The maximum atomic E-state index is 5.75. The lowest BCUT2D eigenvalue weighted by molar-refractivity contribution is 0.00624. The van der Waals surface area contributed by atoms with E-state index in [1.54, 1.807) is 0 Å². The van der Waals surface area contributed by atoms with Gasteiger partial charge >= 0.3 is 0 Å². The quantitative estimate of drug-likeness (QED) is 0.692. The van der Waals surface area contributed by atoms with Gasteiger partial charge in [0.1, 0.15) is 0 Å². The van der Waals surface area contributed by atoms with Crippen LogP contribution in [0.5, 0.6) is 0 Å². The first-order valence-electron chi connectivity index (χ1n) is 6.66. The molecule has 0 radical (unpaired) electrons. The van der Waals surface area contributed by atoms with Crippen molar-refractivity contribution in [1.29, 1.82) is 0 Å². The van der Waals surface area contributed by atoms with Crippen LogP contribution in [0.25, 0.3) is 0 Å². The van der Waals surface area contributed by atoms with Crippen LogP contribution in [-0.2, 0) is 9.47 Å². The molecule has 3 nitrogen and oxygen atoms in total. The Morgan fingerprint density at radius 2 is 2.25 bits per heavy atom. The van der Waals surface area contributed by atoms with Gasteiger partial charge in [0.15, 0.2) is 0 Å². The fourth-order valence-electron chi connectivity index (χ4n) is 1.92. The molecule has 0 bridgehead atoms. The second-order valence-electron chi connectivity index (χ2n) is 4.98. The minimum atomic E-state index is 0.346. The van der Waals surface area contributed by atoms with Crippen LogP contribution < -0.4 is 5.32 Å². The van der Waals surface area contributed by atoms with E-state index in [0.29, 0.717) is 18.1 Å². The van der Waals surface area contributed by atoms with Gasteiger partial charge in [-0.05, 0) is 31.7 Å². The zero-order valence-electron chi connectivity index (χ0n) is 11.0. The minimum Gasteiger partial charge on any atom is -0.377 e. The zero-order chi connectivity index (χ0) is 11.8. The van der Waals surface area contributed by atoms with Crippen molar-refractivity contribution in [2.45, 2.75) is 52.2 Å². The van der Waals surface area contributed by atoms with Gasteiger partial charge in [-0.1, -0.05) is 20.8 Å². The van der Waals surface area contributed by atoms with E-state index in [4.69, 9.17) is 9.47 Å². The Morgan fingerprint density at radius 1 is 1.44 bits per heavy atom. The van der Waals surface area contributed by atoms with Gasteiger partial charge in [-0.15, -0.1) is 0 Å². The third-order valence-electron chi connectivity index (χ3n) is 3.09. The van der Waals surface area contributed by atoms with Crippen molar-refractivity contribution in [2.75, 3.05) is 26.4 Å². The van der Waals surface area contributed by atoms with E-state index in [9.17, 15) is 0 Å². The maximum Gasteiger partial charge on any atom is 0.0809 e. The van der Waals surface area contributed by atoms with E-state index in [1.165, 1.54) is 12.8 Å². The van der Waals surface area contributed by atoms with E-state index in [2.05, 4.69) is 26.1 Å². The Morgan fingerprint density at radius 3 is 2.81 bits per heavy atom. The van der Waals surface area contributed by atoms with Crippen molar-refractivity contribution in [3.05, 3.63) is 0 Å². The predicted molar refractivity (Wildman–Crippen MR) is 66.7 cm³/mol. The molecule has 1 N–H and O–H groups in total. The normalized spacial score (nSPS) is 22.9. The van der Waals surface area contributed by atoms with Crippen LogP contribution in [0.3, 0.4) is 0 Å². The first-order chi connectivity index (χ1) is 7.74. The van der Waals surface area contributed by atoms with E-state index in [0.717, 1.165) is 32.8 Å². The Hall–Kier alpha value is -0.120. The number of hydrogen-bond donors (Lipinski definition) is 1. The smallest absolute Gasteiger partial charge is 0.0809 e. The molecule has 0 amide bonds. The molecular weight excluding hydrogens is 202 g/mol. The Labute approximate surface area is 99.9 Å². The maximum absolute atomic E-state index is 5.75. The summed E-state index contributed by atoms with van der Waals surface area (Å²) in [6.07, 6.45) is 3.87. The van der Waals surface area contributed by atoms with Gasteiger partial charge in [0.05, 0.1) is 19.3 Å². The SMILES string of the molecule is CCCNC(COCC1CCCO1)C(C)C. The highest BCUT2D eigenvalue weighted by Crippen LogP contribution is 2.12. The molecule has 0 aromatic carbocycles. The molecule has 16 heavy (non-hydrogen) atoms. The molecule has 3 heteroatoms. The summed E-state index contributed by atoms with van der Waals surface area (Å²) >= 11 is 0. The molecule has 1 fully saturated rings. The molecular formula is C13H27NO2. The van der Waals surface area contributed by atoms with Crippen molar-refractivity contribution < 1.29 is 9.47 Å². The second-order valence-corrected chi connectivity index (χ2v) is 4.98. The molecule has 0 saturated carbocycles. The summed E-state index contributed by atoms with van der Waals surface area (Å²) in [7, 11) is 0. The largest absolute Gasteiger partial charge is 0.377 e. The minimum absolute atomic E-state index is 0.346. The van der Waals surface area contributed by atoms with Gasteiger partial charge in [-0.2, -0.15) is 0 Å². The third kappa shape index (κ3) is 5.28. The van der Waals surface area contributed by atoms with Crippen molar-refractivity contribution in [3.63, 3.8) is 0 Å². The Bertz CT molecular complexity index is 167. The van der Waals surface area contributed by atoms with Gasteiger partial charge < -0.3 is 14.8 Å². The molecule has 1 aliphatic rings. The predicted octanol–water partition coefficient (Wildman–Crippen LogP) is 2.21. The van der Waals surface area contributed by atoms with Gasteiger partial charge in [-0.25, -0.2) is 0 Å². The van der Waals surface area contributed by atoms with Crippen molar-refractivity contribution in [2.24, 2.45) is 5.92 Å². The molecule has 0 aromatic heterocycles. The summed E-state index contributed by atoms with van der Waals surface area (Å²) < 4.78 is 11.3. The molecule has 1 heterocycles. The molecule has 1 aliphatic heterocycles. The van der Waals surface area contributed by atoms with Crippen molar-refractivity contribution in [1.82, 2.24) is 5.32 Å². The summed E-state index contributed by atoms with van der Waals surface area (Å²) in [5.41, 5.74) is 0. The van der Waals surface area contributed by atoms with Crippen LogP contribution >= 0.6 is 0 Å². The third-order valence-corrected chi connectivity index (χ3v) is 3.09. The van der Waals surface area contributed by atoms with Gasteiger partial charge in [0.25, 0.3) is 0 Å². The molecule has 2 unspecified atom stereocenters. The van der Waals surface area contributed by atoms with E-state index in [-0.39, 0.29) is 0 Å². The van der Waals surface area contributed by atoms with Gasteiger partial charge in [-0.3, -0.25) is 0 Å². The fraction of sp³-hybridized carbons (Fsp3) is 1.00. The Balaban J connectivity index is 2.10. The van der Waals surface area contributed by atoms with Crippen LogP contribution in [0.15, 0.2) is 0 Å². The fourth-order valence-corrected chi connectivity index (χ4v) is 1.92. The van der Waals surface area contributed by atoms with Crippen LogP contribution in [0, 0.1) is 5.92 Å². The number of ether oxygens (including phenoxy) is 2. The monoisotopic (exact) mass is 229 g/mol. The lowest BCUT2D eigenvalue weighted by Crippen LogP contribution is -2.39. The summed E-state index contributed by atoms with van der Waals surface area (Å²) in [6, 6.07) is 0.473. The zero-order valence-corrected chi connectivity index (χ0v) is 11.0. The average molecular weight is 229 g/mol. The lowest BCUT2D eigenvalue weighted by Gasteiger charge is -2.23. The first-order valence-corrected chi connectivity index (χ1v) is 6.66. The molecule has 96 valence electrons. The highest BCUT2D eigenvalue weighted by molar-refractivity contribution is 4.70. The van der Waals surface area contributed by atoms with Crippen LogP contribution in [-0.4, -0.2) is 38.5 Å². The van der Waals surface area contributed by atoms with E-state index < -0.39 is 0 Å². The lowest BCUT2D eigenvalue weighted by atomic mass is 10.1. The van der Waals surface area contributed by atoms with E-state index in [1.807, 2.05) is 0 Å². The summed E-state index contributed by atoms with van der Waals surface area (Å²) in [5, 5.41) is 3.53. The number of rotatable bonds is 8. The summed E-state index contributed by atoms with van der Waals surface area (Å²) in [5.74, 6) is 0.621. The van der Waals surface area contributed by atoms with Crippen LogP contribution in [0.4, 0.5) is 0 Å². The molecule has 1 rings (SSSR count). The molecule has 0 aromatic rings. The Kier molecular flexibility index (Phi) is 7.01. The van der Waals surface area contributed by atoms with E-state index >= 15 is 0 Å². The highest BCUT2D eigenvalue weighted by Gasteiger charge is 2.17. The molecule has 0 spiro atoms. The average Bonchev–Trinajstić information content (AvgIpc) is 2.75. The molecule has 0 aliphatic carbocycles. The van der Waals surface area contributed by atoms with Gasteiger partial charge in [0.2, 0.25) is 0 Å². The number of nitrogens with one attached hydrogen (secondary N) is 1. The first kappa shape index (κ1) is 13.9.